The molecular weight excluding hydrogens is 174 g/mol. The van der Waals surface area contributed by atoms with Gasteiger partial charge in [0.15, 0.2) is 0 Å². The van der Waals surface area contributed by atoms with Crippen LogP contribution in [0.25, 0.3) is 0 Å². The van der Waals surface area contributed by atoms with Gasteiger partial charge in [-0.2, -0.15) is 0 Å². The molecule has 1 unspecified atom stereocenters. The van der Waals surface area contributed by atoms with Gasteiger partial charge in [0.25, 0.3) is 0 Å². The van der Waals surface area contributed by atoms with Crippen LogP contribution in [0.15, 0.2) is 0 Å². The van der Waals surface area contributed by atoms with Crippen molar-refractivity contribution in [2.24, 2.45) is 5.73 Å². The van der Waals surface area contributed by atoms with E-state index in [2.05, 4.69) is 12.3 Å². The minimum absolute atomic E-state index is 0.451. The first kappa shape index (κ1) is 13.9. The fourth-order valence-electron chi connectivity index (χ4n) is 1.59. The Kier molecular flexibility index (Phi) is 9.35. The van der Waals surface area contributed by atoms with Crippen molar-refractivity contribution in [3.05, 3.63) is 0 Å². The van der Waals surface area contributed by atoms with E-state index in [1.807, 2.05) is 19.1 Å². The molecule has 0 fully saturated rings. The molecule has 0 saturated carbocycles. The maximum atomic E-state index is 5.67. The molecule has 0 spiro atoms. The highest BCUT2D eigenvalue weighted by Gasteiger charge is 2.05. The minimum atomic E-state index is 0.451. The molecule has 0 heterocycles. The third-order valence-electron chi connectivity index (χ3n) is 2.38. The highest BCUT2D eigenvalue weighted by atomic mass is 15.5. The Labute approximate surface area is 89.0 Å². The van der Waals surface area contributed by atoms with Gasteiger partial charge in [-0.15, -0.1) is 0 Å². The molecule has 3 nitrogen and oxygen atoms in total. The van der Waals surface area contributed by atoms with Crippen LogP contribution in [0.5, 0.6) is 0 Å². The molecule has 86 valence electrons. The van der Waals surface area contributed by atoms with Crippen molar-refractivity contribution in [1.82, 2.24) is 10.4 Å². The predicted molar refractivity (Wildman–Crippen MR) is 63.0 cm³/mol. The van der Waals surface area contributed by atoms with E-state index in [1.165, 1.54) is 38.5 Å². The number of hydrazine groups is 1. The Morgan fingerprint density at radius 2 is 1.79 bits per heavy atom. The standard InChI is InChI=1S/C11H27N3/c1-4-5-6-7-8-9-11(10-12)13-14(2)3/h11,13H,4-10,12H2,1-3H3. The van der Waals surface area contributed by atoms with Crippen molar-refractivity contribution in [2.45, 2.75) is 51.5 Å². The van der Waals surface area contributed by atoms with E-state index in [1.54, 1.807) is 0 Å². The van der Waals surface area contributed by atoms with Gasteiger partial charge in [0.1, 0.15) is 0 Å². The van der Waals surface area contributed by atoms with Crippen LogP contribution in [0.3, 0.4) is 0 Å². The maximum absolute atomic E-state index is 5.67. The Bertz CT molecular complexity index is 115. The molecule has 0 amide bonds. The van der Waals surface area contributed by atoms with E-state index in [0.717, 1.165) is 6.54 Å². The van der Waals surface area contributed by atoms with Crippen molar-refractivity contribution in [1.29, 1.82) is 0 Å². The van der Waals surface area contributed by atoms with Crippen LogP contribution in [0.4, 0.5) is 0 Å². The fraction of sp³-hybridized carbons (Fsp3) is 1.00. The second-order valence-electron chi connectivity index (χ2n) is 4.16. The molecule has 0 radical (unpaired) electrons. The Morgan fingerprint density at radius 1 is 1.14 bits per heavy atom. The highest BCUT2D eigenvalue weighted by molar-refractivity contribution is 4.64. The van der Waals surface area contributed by atoms with E-state index >= 15 is 0 Å². The number of nitrogens with zero attached hydrogens (tertiary/aromatic N) is 1. The first-order chi connectivity index (χ1) is 6.70. The molecule has 0 aromatic rings. The van der Waals surface area contributed by atoms with Crippen LogP contribution in [-0.2, 0) is 0 Å². The van der Waals surface area contributed by atoms with Gasteiger partial charge in [-0.25, -0.2) is 0 Å². The average Bonchev–Trinajstić information content (AvgIpc) is 2.15. The van der Waals surface area contributed by atoms with Crippen LogP contribution in [-0.4, -0.2) is 31.7 Å². The van der Waals surface area contributed by atoms with Gasteiger partial charge in [-0.05, 0) is 6.42 Å². The van der Waals surface area contributed by atoms with Gasteiger partial charge in [-0.1, -0.05) is 39.0 Å². The summed E-state index contributed by atoms with van der Waals surface area (Å²) in [5, 5.41) is 1.99. The zero-order valence-corrected chi connectivity index (χ0v) is 10.1. The van der Waals surface area contributed by atoms with E-state index in [4.69, 9.17) is 5.73 Å². The van der Waals surface area contributed by atoms with Crippen molar-refractivity contribution >= 4 is 0 Å². The van der Waals surface area contributed by atoms with Gasteiger partial charge in [0, 0.05) is 26.7 Å². The fourth-order valence-corrected chi connectivity index (χ4v) is 1.59. The Balaban J connectivity index is 3.33. The van der Waals surface area contributed by atoms with Crippen molar-refractivity contribution in [3.8, 4) is 0 Å². The normalized spacial score (nSPS) is 13.5. The van der Waals surface area contributed by atoms with Gasteiger partial charge in [0.2, 0.25) is 0 Å². The molecular formula is C11H27N3. The average molecular weight is 201 g/mol. The maximum Gasteiger partial charge on any atom is 0.0337 e. The molecule has 3 heteroatoms. The largest absolute Gasteiger partial charge is 0.329 e. The van der Waals surface area contributed by atoms with Crippen LogP contribution >= 0.6 is 0 Å². The molecule has 0 aliphatic heterocycles. The first-order valence-electron chi connectivity index (χ1n) is 5.84. The summed E-state index contributed by atoms with van der Waals surface area (Å²) >= 11 is 0. The third-order valence-corrected chi connectivity index (χ3v) is 2.38. The molecule has 0 aliphatic carbocycles. The number of hydrogen-bond donors (Lipinski definition) is 2. The smallest absolute Gasteiger partial charge is 0.0337 e. The minimum Gasteiger partial charge on any atom is -0.329 e. The van der Waals surface area contributed by atoms with E-state index in [9.17, 15) is 0 Å². The predicted octanol–water partition coefficient (Wildman–Crippen LogP) is 1.74. The number of unbranched alkanes of at least 4 members (excludes halogenated alkanes) is 4. The van der Waals surface area contributed by atoms with Crippen molar-refractivity contribution in [3.63, 3.8) is 0 Å². The molecule has 3 N–H and O–H groups in total. The molecule has 0 rings (SSSR count). The monoisotopic (exact) mass is 201 g/mol. The van der Waals surface area contributed by atoms with Crippen LogP contribution < -0.4 is 11.2 Å². The first-order valence-corrected chi connectivity index (χ1v) is 5.84. The molecule has 0 aliphatic rings. The van der Waals surface area contributed by atoms with Gasteiger partial charge in [0.05, 0.1) is 0 Å². The van der Waals surface area contributed by atoms with Crippen LogP contribution in [0.2, 0.25) is 0 Å². The number of rotatable bonds is 9. The highest BCUT2D eigenvalue weighted by Crippen LogP contribution is 2.06. The van der Waals surface area contributed by atoms with Gasteiger partial charge < -0.3 is 5.73 Å². The molecule has 0 saturated heterocycles. The number of nitrogens with one attached hydrogen (secondary N) is 1. The summed E-state index contributed by atoms with van der Waals surface area (Å²) in [6, 6.07) is 0.451. The van der Waals surface area contributed by atoms with E-state index in [-0.39, 0.29) is 0 Å². The zero-order valence-electron chi connectivity index (χ0n) is 10.1. The summed E-state index contributed by atoms with van der Waals surface area (Å²) < 4.78 is 0. The lowest BCUT2D eigenvalue weighted by Gasteiger charge is -2.21. The molecule has 0 aromatic carbocycles. The second kappa shape index (κ2) is 9.44. The third kappa shape index (κ3) is 8.48. The molecule has 14 heavy (non-hydrogen) atoms. The Hall–Kier alpha value is -0.120. The van der Waals surface area contributed by atoms with E-state index < -0.39 is 0 Å². The SMILES string of the molecule is CCCCCCCC(CN)NN(C)C. The second-order valence-corrected chi connectivity index (χ2v) is 4.16. The Morgan fingerprint density at radius 3 is 2.29 bits per heavy atom. The zero-order chi connectivity index (χ0) is 10.8. The topological polar surface area (TPSA) is 41.3 Å². The summed E-state index contributed by atoms with van der Waals surface area (Å²) in [4.78, 5) is 0. The summed E-state index contributed by atoms with van der Waals surface area (Å²) in [5.74, 6) is 0. The lowest BCUT2D eigenvalue weighted by Crippen LogP contribution is -2.44. The molecule has 0 bridgehead atoms. The summed E-state index contributed by atoms with van der Waals surface area (Å²) in [7, 11) is 4.03. The van der Waals surface area contributed by atoms with E-state index in [0.29, 0.717) is 6.04 Å². The quantitative estimate of drug-likeness (QED) is 0.441. The molecule has 0 aromatic heterocycles. The summed E-state index contributed by atoms with van der Waals surface area (Å²) in [6.45, 7) is 2.97. The summed E-state index contributed by atoms with van der Waals surface area (Å²) in [5.41, 5.74) is 9.00. The van der Waals surface area contributed by atoms with Crippen molar-refractivity contribution in [2.75, 3.05) is 20.6 Å². The van der Waals surface area contributed by atoms with Crippen molar-refractivity contribution < 1.29 is 0 Å². The van der Waals surface area contributed by atoms with Crippen LogP contribution in [0.1, 0.15) is 45.4 Å². The van der Waals surface area contributed by atoms with Gasteiger partial charge in [-0.3, -0.25) is 10.4 Å². The van der Waals surface area contributed by atoms with Crippen LogP contribution in [0, 0.1) is 0 Å². The van der Waals surface area contributed by atoms with Gasteiger partial charge >= 0.3 is 0 Å². The molecule has 1 atom stereocenters. The summed E-state index contributed by atoms with van der Waals surface area (Å²) in [6.07, 6.45) is 7.89. The number of hydrogen-bond acceptors (Lipinski definition) is 3. The lowest BCUT2D eigenvalue weighted by atomic mass is 10.1. The number of nitrogens with two attached hydrogens (primary N) is 1. The lowest BCUT2D eigenvalue weighted by molar-refractivity contribution is 0.234.